The van der Waals surface area contributed by atoms with Crippen LogP contribution in [-0.4, -0.2) is 78.0 Å². The van der Waals surface area contributed by atoms with Crippen LogP contribution < -0.4 is 0 Å². The van der Waals surface area contributed by atoms with Crippen molar-refractivity contribution in [1.82, 2.24) is 19.6 Å². The summed E-state index contributed by atoms with van der Waals surface area (Å²) < 4.78 is 27.2. The summed E-state index contributed by atoms with van der Waals surface area (Å²) in [5, 5.41) is 21.1. The van der Waals surface area contributed by atoms with Gasteiger partial charge in [0.2, 0.25) is 9.84 Å². The Bertz CT molecular complexity index is 1060. The molecular formula is C24H34N4O4S. The number of hydrogen-bond donors (Lipinski definition) is 2. The lowest BCUT2D eigenvalue weighted by Crippen LogP contribution is -2.54. The summed E-state index contributed by atoms with van der Waals surface area (Å²) in [7, 11) is -3.82. The largest absolute Gasteiger partial charge is 0.507 e. The molecule has 0 aromatic heterocycles. The molecule has 2 aliphatic heterocycles. The number of sulfone groups is 1. The molecule has 0 aliphatic carbocycles. The molecule has 33 heavy (non-hydrogen) atoms. The maximum atomic E-state index is 13.6. The molecule has 8 nitrogen and oxygen atoms in total. The van der Waals surface area contributed by atoms with Crippen molar-refractivity contribution >= 4 is 9.84 Å². The molecule has 0 amide bonds. The monoisotopic (exact) mass is 474 g/mol. The molecule has 2 aliphatic rings. The van der Waals surface area contributed by atoms with E-state index < -0.39 is 9.84 Å². The third kappa shape index (κ3) is 4.74. The number of rotatable bonds is 8. The average molecular weight is 475 g/mol. The SMILES string of the molecule is CCN1CN(Cc2cc(S(=O)(=O)c3cc(C)c(O)c(CN4CN(CC)C4)c3)cc(C)c2O)C1. The van der Waals surface area contributed by atoms with Gasteiger partial charge in [-0.3, -0.25) is 19.6 Å². The molecule has 2 N–H and O–H groups in total. The van der Waals surface area contributed by atoms with E-state index in [1.807, 2.05) is 0 Å². The Morgan fingerprint density at radius 2 is 1.06 bits per heavy atom. The smallest absolute Gasteiger partial charge is 0.206 e. The minimum atomic E-state index is -3.82. The van der Waals surface area contributed by atoms with E-state index in [-0.39, 0.29) is 21.3 Å². The summed E-state index contributed by atoms with van der Waals surface area (Å²) in [6.45, 7) is 13.8. The number of aromatic hydroxyl groups is 2. The molecule has 2 heterocycles. The highest BCUT2D eigenvalue weighted by Crippen LogP contribution is 2.34. The van der Waals surface area contributed by atoms with Gasteiger partial charge < -0.3 is 10.2 Å². The molecule has 0 saturated carbocycles. The Morgan fingerprint density at radius 1 is 0.697 bits per heavy atom. The van der Waals surface area contributed by atoms with Crippen LogP contribution in [0.25, 0.3) is 0 Å². The molecule has 0 radical (unpaired) electrons. The van der Waals surface area contributed by atoms with Gasteiger partial charge in [-0.05, 0) is 62.3 Å². The molecule has 2 aromatic carbocycles. The van der Waals surface area contributed by atoms with Gasteiger partial charge in [0.15, 0.2) is 0 Å². The van der Waals surface area contributed by atoms with Crippen LogP contribution >= 0.6 is 0 Å². The molecule has 0 bridgehead atoms. The van der Waals surface area contributed by atoms with Gasteiger partial charge in [0.25, 0.3) is 0 Å². The van der Waals surface area contributed by atoms with Gasteiger partial charge in [-0.2, -0.15) is 0 Å². The molecule has 0 atom stereocenters. The standard InChI is InChI=1S/C24H34N4O4S/c1-5-25-13-27(14-25)11-19-9-21(7-17(3)23(19)29)33(31,32)22-8-18(4)24(30)20(10-22)12-28-15-26(6-2)16-28/h7-10,29-30H,5-6,11-16H2,1-4H3. The van der Waals surface area contributed by atoms with E-state index in [2.05, 4.69) is 33.4 Å². The Morgan fingerprint density at radius 3 is 1.39 bits per heavy atom. The zero-order chi connectivity index (χ0) is 23.9. The molecule has 180 valence electrons. The van der Waals surface area contributed by atoms with Crippen LogP contribution in [-0.2, 0) is 22.9 Å². The lowest BCUT2D eigenvalue weighted by atomic mass is 10.1. The Hall–Kier alpha value is -2.17. The van der Waals surface area contributed by atoms with E-state index in [1.165, 1.54) is 12.1 Å². The Labute approximate surface area is 196 Å². The Balaban J connectivity index is 1.62. The second-order valence-corrected chi connectivity index (χ2v) is 11.1. The van der Waals surface area contributed by atoms with Gasteiger partial charge >= 0.3 is 0 Å². The first kappa shape index (κ1) is 24.0. The van der Waals surface area contributed by atoms with Crippen LogP contribution in [0.1, 0.15) is 36.1 Å². The van der Waals surface area contributed by atoms with Gasteiger partial charge in [-0.15, -0.1) is 0 Å². The highest BCUT2D eigenvalue weighted by atomic mass is 32.2. The van der Waals surface area contributed by atoms with Crippen LogP contribution in [0.5, 0.6) is 11.5 Å². The third-order valence-corrected chi connectivity index (χ3v) is 8.32. The second kappa shape index (κ2) is 9.23. The fourth-order valence-electron chi connectivity index (χ4n) is 4.45. The number of nitrogens with zero attached hydrogens (tertiary/aromatic N) is 4. The van der Waals surface area contributed by atoms with Crippen LogP contribution in [0, 0.1) is 13.8 Å². The van der Waals surface area contributed by atoms with Crippen molar-refractivity contribution in [3.63, 3.8) is 0 Å². The van der Waals surface area contributed by atoms with E-state index in [9.17, 15) is 18.6 Å². The fraction of sp³-hybridized carbons (Fsp3) is 0.500. The number of hydrogen-bond acceptors (Lipinski definition) is 8. The fourth-order valence-corrected chi connectivity index (χ4v) is 5.98. The zero-order valence-electron chi connectivity index (χ0n) is 19.9. The van der Waals surface area contributed by atoms with Crippen molar-refractivity contribution in [1.29, 1.82) is 0 Å². The van der Waals surface area contributed by atoms with E-state index in [1.54, 1.807) is 26.0 Å². The van der Waals surface area contributed by atoms with Crippen molar-refractivity contribution in [2.75, 3.05) is 39.8 Å². The van der Waals surface area contributed by atoms with Crippen molar-refractivity contribution in [3.8, 4) is 11.5 Å². The van der Waals surface area contributed by atoms with E-state index >= 15 is 0 Å². The summed E-state index contributed by atoms with van der Waals surface area (Å²) >= 11 is 0. The minimum Gasteiger partial charge on any atom is -0.507 e. The first-order valence-corrected chi connectivity index (χ1v) is 12.9. The second-order valence-electron chi connectivity index (χ2n) is 9.20. The topological polar surface area (TPSA) is 87.6 Å². The molecular weight excluding hydrogens is 440 g/mol. The maximum Gasteiger partial charge on any atom is 0.206 e. The van der Waals surface area contributed by atoms with E-state index in [4.69, 9.17) is 0 Å². The van der Waals surface area contributed by atoms with Gasteiger partial charge in [0, 0.05) is 24.2 Å². The molecule has 9 heteroatoms. The summed E-state index contributed by atoms with van der Waals surface area (Å²) in [5.74, 6) is 0.287. The number of phenolic OH excluding ortho intramolecular Hbond substituents is 2. The van der Waals surface area contributed by atoms with Crippen molar-refractivity contribution in [2.45, 2.75) is 50.6 Å². The number of benzene rings is 2. The normalized spacial score (nSPS) is 18.3. The number of aryl methyl sites for hydroxylation is 2. The van der Waals surface area contributed by atoms with Crippen molar-refractivity contribution in [2.24, 2.45) is 0 Å². The van der Waals surface area contributed by atoms with E-state index in [0.29, 0.717) is 35.3 Å². The molecule has 2 saturated heterocycles. The average Bonchev–Trinajstić information content (AvgIpc) is 2.72. The Kier molecular flexibility index (Phi) is 6.70. The molecule has 4 rings (SSSR count). The van der Waals surface area contributed by atoms with Gasteiger partial charge in [0.1, 0.15) is 11.5 Å². The molecule has 0 spiro atoms. The van der Waals surface area contributed by atoms with Crippen molar-refractivity contribution in [3.05, 3.63) is 46.5 Å². The predicted octanol–water partition coefficient (Wildman–Crippen LogP) is 2.65. The van der Waals surface area contributed by atoms with Gasteiger partial charge in [0.05, 0.1) is 36.5 Å². The maximum absolute atomic E-state index is 13.6. The minimum absolute atomic E-state index is 0.143. The first-order chi connectivity index (χ1) is 15.6. The summed E-state index contributed by atoms with van der Waals surface area (Å²) in [4.78, 5) is 9.15. The predicted molar refractivity (Wildman–Crippen MR) is 126 cm³/mol. The quantitative estimate of drug-likeness (QED) is 0.604. The third-order valence-electron chi connectivity index (χ3n) is 6.61. The summed E-state index contributed by atoms with van der Waals surface area (Å²) in [5.41, 5.74) is 2.30. The highest BCUT2D eigenvalue weighted by Gasteiger charge is 2.28. The molecule has 0 unspecified atom stereocenters. The summed E-state index contributed by atoms with van der Waals surface area (Å²) in [6.07, 6.45) is 0. The summed E-state index contributed by atoms with van der Waals surface area (Å²) in [6, 6.07) is 6.23. The molecule has 2 fully saturated rings. The van der Waals surface area contributed by atoms with Crippen LogP contribution in [0.2, 0.25) is 0 Å². The van der Waals surface area contributed by atoms with Gasteiger partial charge in [-0.1, -0.05) is 13.8 Å². The van der Waals surface area contributed by atoms with Gasteiger partial charge in [-0.25, -0.2) is 8.42 Å². The first-order valence-electron chi connectivity index (χ1n) is 11.4. The highest BCUT2D eigenvalue weighted by molar-refractivity contribution is 7.91. The van der Waals surface area contributed by atoms with Crippen LogP contribution in [0.15, 0.2) is 34.1 Å². The van der Waals surface area contributed by atoms with Crippen LogP contribution in [0.4, 0.5) is 0 Å². The lowest BCUT2D eigenvalue weighted by molar-refractivity contribution is -0.0323. The zero-order valence-corrected chi connectivity index (χ0v) is 20.7. The molecule has 2 aromatic rings. The van der Waals surface area contributed by atoms with Crippen LogP contribution in [0.3, 0.4) is 0 Å². The van der Waals surface area contributed by atoms with Crippen molar-refractivity contribution < 1.29 is 18.6 Å². The van der Waals surface area contributed by atoms with E-state index in [0.717, 1.165) is 39.8 Å². The number of phenols is 2. The lowest BCUT2D eigenvalue weighted by Gasteiger charge is -2.42.